The van der Waals surface area contributed by atoms with Gasteiger partial charge in [-0.1, -0.05) is 0 Å². The maximum atomic E-state index is 10.7. The van der Waals surface area contributed by atoms with Crippen LogP contribution in [0.4, 0.5) is 11.4 Å². The molecule has 0 bridgehead atoms. The van der Waals surface area contributed by atoms with Crippen molar-refractivity contribution in [3.05, 3.63) is 57.9 Å². The van der Waals surface area contributed by atoms with Gasteiger partial charge in [0.15, 0.2) is 0 Å². The number of nitrogen functional groups attached to an aromatic ring is 1. The van der Waals surface area contributed by atoms with Crippen LogP contribution in [0, 0.1) is 15.5 Å². The molecule has 0 atom stereocenters. The highest BCUT2D eigenvalue weighted by Gasteiger charge is 2.14. The molecule has 0 spiro atoms. The Morgan fingerprint density at radius 1 is 1.41 bits per heavy atom. The Morgan fingerprint density at radius 3 is 2.76 bits per heavy atom. The monoisotopic (exact) mass is 230 g/mol. The third kappa shape index (κ3) is 2.00. The van der Waals surface area contributed by atoms with Crippen LogP contribution >= 0.6 is 0 Å². The van der Waals surface area contributed by atoms with Crippen LogP contribution in [0.15, 0.2) is 36.5 Å². The van der Waals surface area contributed by atoms with Crippen molar-refractivity contribution in [2.45, 2.75) is 0 Å². The SMILES string of the molecule is N=C(c1ccc[nH]1)c1cc([N+](=O)[O-])ccc1N. The van der Waals surface area contributed by atoms with E-state index in [0.717, 1.165) is 0 Å². The molecular weight excluding hydrogens is 220 g/mol. The van der Waals surface area contributed by atoms with E-state index in [2.05, 4.69) is 4.98 Å². The van der Waals surface area contributed by atoms with Crippen molar-refractivity contribution >= 4 is 17.1 Å². The Labute approximate surface area is 96.7 Å². The molecule has 6 heteroatoms. The lowest BCUT2D eigenvalue weighted by Gasteiger charge is -2.05. The number of H-pyrrole nitrogens is 1. The Hall–Kier alpha value is -2.63. The average molecular weight is 230 g/mol. The topological polar surface area (TPSA) is 109 Å². The zero-order valence-corrected chi connectivity index (χ0v) is 8.81. The summed E-state index contributed by atoms with van der Waals surface area (Å²) in [5, 5.41) is 18.6. The van der Waals surface area contributed by atoms with Gasteiger partial charge in [-0.2, -0.15) is 0 Å². The Morgan fingerprint density at radius 2 is 2.18 bits per heavy atom. The van der Waals surface area contributed by atoms with E-state index in [1.54, 1.807) is 18.3 Å². The molecular formula is C11H10N4O2. The van der Waals surface area contributed by atoms with E-state index in [1.165, 1.54) is 18.2 Å². The molecule has 6 nitrogen and oxygen atoms in total. The van der Waals surface area contributed by atoms with Gasteiger partial charge in [0.2, 0.25) is 0 Å². The molecule has 1 aromatic carbocycles. The summed E-state index contributed by atoms with van der Waals surface area (Å²) in [6.07, 6.45) is 1.68. The van der Waals surface area contributed by atoms with Crippen molar-refractivity contribution in [1.29, 1.82) is 5.41 Å². The Kier molecular flexibility index (Phi) is 2.61. The summed E-state index contributed by atoms with van der Waals surface area (Å²) in [5.41, 5.74) is 7.03. The van der Waals surface area contributed by atoms with Crippen molar-refractivity contribution in [2.75, 3.05) is 5.73 Å². The summed E-state index contributed by atoms with van der Waals surface area (Å²) in [6, 6.07) is 7.52. The number of rotatable bonds is 3. The summed E-state index contributed by atoms with van der Waals surface area (Å²) in [4.78, 5) is 13.0. The van der Waals surface area contributed by atoms with Crippen molar-refractivity contribution in [1.82, 2.24) is 4.98 Å². The lowest BCUT2D eigenvalue weighted by atomic mass is 10.0. The highest BCUT2D eigenvalue weighted by atomic mass is 16.6. The van der Waals surface area contributed by atoms with Crippen LogP contribution in [0.3, 0.4) is 0 Å². The van der Waals surface area contributed by atoms with Gasteiger partial charge in [-0.25, -0.2) is 0 Å². The second-order valence-electron chi connectivity index (χ2n) is 3.49. The largest absolute Gasteiger partial charge is 0.398 e. The second-order valence-corrected chi connectivity index (χ2v) is 3.49. The van der Waals surface area contributed by atoms with Crippen LogP contribution < -0.4 is 5.73 Å². The summed E-state index contributed by atoms with van der Waals surface area (Å²) in [7, 11) is 0. The van der Waals surface area contributed by atoms with Crippen LogP contribution in [0.1, 0.15) is 11.3 Å². The van der Waals surface area contributed by atoms with E-state index >= 15 is 0 Å². The molecule has 0 aliphatic rings. The highest BCUT2D eigenvalue weighted by Crippen LogP contribution is 2.21. The average Bonchev–Trinajstić information content (AvgIpc) is 2.81. The van der Waals surface area contributed by atoms with E-state index < -0.39 is 4.92 Å². The van der Waals surface area contributed by atoms with Gasteiger partial charge in [-0.3, -0.25) is 15.5 Å². The van der Waals surface area contributed by atoms with E-state index in [-0.39, 0.29) is 11.4 Å². The number of hydrogen-bond acceptors (Lipinski definition) is 4. The summed E-state index contributed by atoms with van der Waals surface area (Å²) in [6.45, 7) is 0. The van der Waals surface area contributed by atoms with Gasteiger partial charge in [0.05, 0.1) is 16.3 Å². The molecule has 0 aliphatic heterocycles. The lowest BCUT2D eigenvalue weighted by molar-refractivity contribution is -0.384. The third-order valence-corrected chi connectivity index (χ3v) is 2.38. The van der Waals surface area contributed by atoms with Crippen molar-refractivity contribution in [3.63, 3.8) is 0 Å². The van der Waals surface area contributed by atoms with E-state index in [9.17, 15) is 10.1 Å². The number of anilines is 1. The molecule has 0 amide bonds. The molecule has 0 unspecified atom stereocenters. The fourth-order valence-electron chi connectivity index (χ4n) is 1.51. The first-order valence-corrected chi connectivity index (χ1v) is 4.86. The molecule has 1 aromatic heterocycles. The number of non-ortho nitro benzene ring substituents is 1. The van der Waals surface area contributed by atoms with Gasteiger partial charge in [0, 0.05) is 29.6 Å². The van der Waals surface area contributed by atoms with Gasteiger partial charge >= 0.3 is 0 Å². The van der Waals surface area contributed by atoms with Crippen LogP contribution in [0.2, 0.25) is 0 Å². The maximum absolute atomic E-state index is 10.7. The fourth-order valence-corrected chi connectivity index (χ4v) is 1.51. The summed E-state index contributed by atoms with van der Waals surface area (Å²) >= 11 is 0. The lowest BCUT2D eigenvalue weighted by Crippen LogP contribution is -2.06. The van der Waals surface area contributed by atoms with Gasteiger partial charge < -0.3 is 10.7 Å². The first-order chi connectivity index (χ1) is 8.09. The molecule has 86 valence electrons. The molecule has 0 aliphatic carbocycles. The zero-order chi connectivity index (χ0) is 12.4. The predicted molar refractivity (Wildman–Crippen MR) is 64.2 cm³/mol. The van der Waals surface area contributed by atoms with Gasteiger partial charge in [-0.15, -0.1) is 0 Å². The quantitative estimate of drug-likeness (QED) is 0.324. The molecule has 4 N–H and O–H groups in total. The maximum Gasteiger partial charge on any atom is 0.270 e. The molecule has 2 rings (SSSR count). The molecule has 2 aromatic rings. The summed E-state index contributed by atoms with van der Waals surface area (Å²) in [5.74, 6) is 0. The standard InChI is InChI=1S/C11H10N4O2/c12-9-4-3-7(15(16)17)6-8(9)11(13)10-2-1-5-14-10/h1-6,13-14H,12H2. The number of nitrogens with zero attached hydrogens (tertiary/aromatic N) is 1. The van der Waals surface area contributed by atoms with Crippen molar-refractivity contribution in [3.8, 4) is 0 Å². The molecule has 17 heavy (non-hydrogen) atoms. The van der Waals surface area contributed by atoms with E-state index in [0.29, 0.717) is 16.9 Å². The number of nitrogens with one attached hydrogen (secondary N) is 2. The first kappa shape index (κ1) is 10.9. The van der Waals surface area contributed by atoms with E-state index in [1.807, 2.05) is 0 Å². The first-order valence-electron chi connectivity index (χ1n) is 4.86. The number of hydrogen-bond donors (Lipinski definition) is 3. The normalized spacial score (nSPS) is 10.1. The second kappa shape index (κ2) is 4.09. The number of nitro benzene ring substituents is 1. The Bertz CT molecular complexity index is 575. The van der Waals surface area contributed by atoms with Crippen LogP contribution in [-0.2, 0) is 0 Å². The van der Waals surface area contributed by atoms with Gasteiger partial charge in [0.25, 0.3) is 5.69 Å². The predicted octanol–water partition coefficient (Wildman–Crippen LogP) is 1.92. The minimum Gasteiger partial charge on any atom is -0.398 e. The molecule has 0 saturated carbocycles. The van der Waals surface area contributed by atoms with E-state index in [4.69, 9.17) is 11.1 Å². The number of nitrogens with two attached hydrogens (primary N) is 1. The van der Waals surface area contributed by atoms with Crippen molar-refractivity contribution < 1.29 is 4.92 Å². The number of benzene rings is 1. The summed E-state index contributed by atoms with van der Waals surface area (Å²) < 4.78 is 0. The fraction of sp³-hybridized carbons (Fsp3) is 0. The number of aromatic amines is 1. The molecule has 1 heterocycles. The minimum atomic E-state index is -0.509. The third-order valence-electron chi connectivity index (χ3n) is 2.38. The van der Waals surface area contributed by atoms with Crippen molar-refractivity contribution in [2.24, 2.45) is 0 Å². The van der Waals surface area contributed by atoms with Crippen LogP contribution in [0.5, 0.6) is 0 Å². The zero-order valence-electron chi connectivity index (χ0n) is 8.81. The smallest absolute Gasteiger partial charge is 0.270 e. The molecule has 0 fully saturated rings. The molecule has 0 radical (unpaired) electrons. The molecule has 0 saturated heterocycles. The highest BCUT2D eigenvalue weighted by molar-refractivity contribution is 6.13. The number of aromatic nitrogens is 1. The van der Waals surface area contributed by atoms with Gasteiger partial charge in [0.1, 0.15) is 0 Å². The number of nitro groups is 1. The van der Waals surface area contributed by atoms with Crippen LogP contribution in [0.25, 0.3) is 0 Å². The van der Waals surface area contributed by atoms with Gasteiger partial charge in [-0.05, 0) is 18.2 Å². The van der Waals surface area contributed by atoms with Crippen LogP contribution in [-0.4, -0.2) is 15.6 Å². The minimum absolute atomic E-state index is 0.0782. The Balaban J connectivity index is 2.48.